The highest BCUT2D eigenvalue weighted by molar-refractivity contribution is 14.1. The SMILES string of the molecule is COC(=O)C[C@H](CO[Si](C)(C)C(C)(C)C)[C@@H](I)CO[Si](C)(C)C(C)(C)C. The Morgan fingerprint density at radius 1 is 0.885 bits per heavy atom. The van der Waals surface area contributed by atoms with Crippen LogP contribution in [0, 0.1) is 5.92 Å². The molecule has 0 aliphatic heterocycles. The van der Waals surface area contributed by atoms with Crippen molar-refractivity contribution in [2.75, 3.05) is 20.3 Å². The molecule has 0 unspecified atom stereocenters. The summed E-state index contributed by atoms with van der Waals surface area (Å²) in [5.41, 5.74) is 0. The molecule has 0 saturated heterocycles. The van der Waals surface area contributed by atoms with Crippen molar-refractivity contribution in [1.82, 2.24) is 0 Å². The fraction of sp³-hybridized carbons (Fsp3) is 0.947. The van der Waals surface area contributed by atoms with Crippen LogP contribution < -0.4 is 0 Å². The molecule has 2 atom stereocenters. The van der Waals surface area contributed by atoms with Gasteiger partial charge in [-0.15, -0.1) is 0 Å². The molecule has 26 heavy (non-hydrogen) atoms. The first-order valence-corrected chi connectivity index (χ1v) is 16.5. The largest absolute Gasteiger partial charge is 0.469 e. The van der Waals surface area contributed by atoms with Gasteiger partial charge in [-0.25, -0.2) is 0 Å². The van der Waals surface area contributed by atoms with E-state index in [1.165, 1.54) is 7.11 Å². The van der Waals surface area contributed by atoms with Gasteiger partial charge in [-0.05, 0) is 36.3 Å². The molecular weight excluding hydrogens is 475 g/mol. The number of hydrogen-bond acceptors (Lipinski definition) is 4. The lowest BCUT2D eigenvalue weighted by atomic mass is 10.0. The zero-order chi connectivity index (χ0) is 21.0. The summed E-state index contributed by atoms with van der Waals surface area (Å²) in [6, 6.07) is 0. The summed E-state index contributed by atoms with van der Waals surface area (Å²) in [6.07, 6.45) is 0.375. The van der Waals surface area contributed by atoms with E-state index in [1.54, 1.807) is 0 Å². The van der Waals surface area contributed by atoms with Gasteiger partial charge in [-0.2, -0.15) is 0 Å². The molecule has 4 nitrogen and oxygen atoms in total. The maximum absolute atomic E-state index is 11.9. The van der Waals surface area contributed by atoms with Gasteiger partial charge < -0.3 is 13.6 Å². The van der Waals surface area contributed by atoms with Crippen LogP contribution in [0.2, 0.25) is 36.3 Å². The number of rotatable bonds is 9. The molecule has 0 saturated carbocycles. The molecule has 0 aliphatic carbocycles. The summed E-state index contributed by atoms with van der Waals surface area (Å²) in [5.74, 6) is -0.0789. The van der Waals surface area contributed by atoms with E-state index in [1.807, 2.05) is 0 Å². The van der Waals surface area contributed by atoms with Gasteiger partial charge in [0.05, 0.1) is 13.5 Å². The summed E-state index contributed by atoms with van der Waals surface area (Å²) in [4.78, 5) is 11.9. The van der Waals surface area contributed by atoms with Crippen molar-refractivity contribution < 1.29 is 18.4 Å². The molecule has 0 spiro atoms. The van der Waals surface area contributed by atoms with Crippen LogP contribution >= 0.6 is 22.6 Å². The quantitative estimate of drug-likeness (QED) is 0.163. The minimum absolute atomic E-state index is 0.0990. The Labute approximate surface area is 177 Å². The standard InChI is InChI=1S/C19H41IO4Si2/c1-18(2,3)25(8,9)23-13-15(12-17(21)22-7)16(20)14-24-26(10,11)19(4,5)6/h15-16H,12-14H2,1-11H3/t15-,16+/m1/s1. The van der Waals surface area contributed by atoms with Crippen LogP contribution in [0.1, 0.15) is 48.0 Å². The average molecular weight is 517 g/mol. The van der Waals surface area contributed by atoms with Crippen LogP contribution in [-0.4, -0.2) is 46.9 Å². The van der Waals surface area contributed by atoms with Gasteiger partial charge in [0.25, 0.3) is 0 Å². The van der Waals surface area contributed by atoms with E-state index < -0.39 is 16.6 Å². The smallest absolute Gasteiger partial charge is 0.305 e. The molecule has 0 fully saturated rings. The highest BCUT2D eigenvalue weighted by atomic mass is 127. The van der Waals surface area contributed by atoms with Crippen molar-refractivity contribution in [2.24, 2.45) is 5.92 Å². The van der Waals surface area contributed by atoms with Gasteiger partial charge in [-0.3, -0.25) is 4.79 Å². The average Bonchev–Trinajstić information content (AvgIpc) is 2.46. The van der Waals surface area contributed by atoms with Crippen molar-refractivity contribution >= 4 is 45.2 Å². The van der Waals surface area contributed by atoms with Crippen LogP contribution in [-0.2, 0) is 18.4 Å². The summed E-state index contributed by atoms with van der Waals surface area (Å²) < 4.78 is 17.9. The minimum atomic E-state index is -1.85. The molecule has 0 aromatic rings. The van der Waals surface area contributed by atoms with Gasteiger partial charge in [0, 0.05) is 23.1 Å². The first-order chi connectivity index (χ1) is 11.4. The molecule has 0 bridgehead atoms. The topological polar surface area (TPSA) is 44.8 Å². The number of halogens is 1. The molecule has 0 amide bonds. The third kappa shape index (κ3) is 8.28. The van der Waals surface area contributed by atoms with Gasteiger partial charge >= 0.3 is 5.97 Å². The maximum atomic E-state index is 11.9. The lowest BCUT2D eigenvalue weighted by Crippen LogP contribution is -2.45. The lowest BCUT2D eigenvalue weighted by Gasteiger charge is -2.39. The Morgan fingerprint density at radius 2 is 1.27 bits per heavy atom. The van der Waals surface area contributed by atoms with E-state index in [0.717, 1.165) is 0 Å². The highest BCUT2D eigenvalue weighted by Crippen LogP contribution is 2.39. The van der Waals surface area contributed by atoms with Crippen LogP contribution in [0.25, 0.3) is 0 Å². The summed E-state index contributed by atoms with van der Waals surface area (Å²) in [6.45, 7) is 23.7. The van der Waals surface area contributed by atoms with Gasteiger partial charge in [-0.1, -0.05) is 64.1 Å². The van der Waals surface area contributed by atoms with Crippen molar-refractivity contribution in [2.45, 2.75) is 88.2 Å². The molecule has 0 radical (unpaired) electrons. The van der Waals surface area contributed by atoms with Crippen molar-refractivity contribution in [1.29, 1.82) is 0 Å². The monoisotopic (exact) mass is 516 g/mol. The van der Waals surface area contributed by atoms with Crippen LogP contribution in [0.3, 0.4) is 0 Å². The lowest BCUT2D eigenvalue weighted by molar-refractivity contribution is -0.142. The Morgan fingerprint density at radius 3 is 1.62 bits per heavy atom. The Kier molecular flexibility index (Phi) is 10.1. The molecule has 0 aliphatic rings. The van der Waals surface area contributed by atoms with Crippen molar-refractivity contribution in [3.05, 3.63) is 0 Å². The second kappa shape index (κ2) is 9.85. The molecule has 156 valence electrons. The second-order valence-corrected chi connectivity index (χ2v) is 21.4. The summed E-state index contributed by atoms with van der Waals surface area (Å²) >= 11 is 2.42. The molecule has 0 aromatic carbocycles. The summed E-state index contributed by atoms with van der Waals surface area (Å²) in [5, 5.41) is 0.333. The van der Waals surface area contributed by atoms with E-state index in [0.29, 0.717) is 19.6 Å². The van der Waals surface area contributed by atoms with Crippen LogP contribution in [0.5, 0.6) is 0 Å². The normalized spacial score (nSPS) is 16.3. The van der Waals surface area contributed by atoms with Crippen molar-refractivity contribution in [3.8, 4) is 0 Å². The predicted octanol–water partition coefficient (Wildman–Crippen LogP) is 6.01. The van der Waals surface area contributed by atoms with Gasteiger partial charge in [0.1, 0.15) is 0 Å². The third-order valence-corrected chi connectivity index (χ3v) is 16.4. The highest BCUT2D eigenvalue weighted by Gasteiger charge is 2.40. The predicted molar refractivity (Wildman–Crippen MR) is 124 cm³/mol. The maximum Gasteiger partial charge on any atom is 0.305 e. The van der Waals surface area contributed by atoms with Gasteiger partial charge in [0.15, 0.2) is 16.6 Å². The van der Waals surface area contributed by atoms with Crippen molar-refractivity contribution in [3.63, 3.8) is 0 Å². The van der Waals surface area contributed by atoms with Gasteiger partial charge in [0.2, 0.25) is 0 Å². The number of methoxy groups -OCH3 is 1. The fourth-order valence-electron chi connectivity index (χ4n) is 1.76. The fourth-order valence-corrected chi connectivity index (χ4v) is 4.83. The first kappa shape index (κ1) is 26.6. The van der Waals surface area contributed by atoms with Crippen LogP contribution in [0.15, 0.2) is 0 Å². The van der Waals surface area contributed by atoms with Crippen LogP contribution in [0.4, 0.5) is 0 Å². The number of carbonyl (C=O) groups is 1. The Bertz CT molecular complexity index is 453. The second-order valence-electron chi connectivity index (χ2n) is 10.2. The zero-order valence-corrected chi connectivity index (χ0v) is 22.9. The Hall–Kier alpha value is 0.554. The number of hydrogen-bond donors (Lipinski definition) is 0. The molecule has 0 aromatic heterocycles. The van der Waals surface area contributed by atoms with E-state index in [4.69, 9.17) is 13.6 Å². The number of esters is 1. The minimum Gasteiger partial charge on any atom is -0.469 e. The van der Waals surface area contributed by atoms with E-state index in [2.05, 4.69) is 90.3 Å². The third-order valence-electron chi connectivity index (χ3n) is 6.04. The molecular formula is C19H41IO4Si2. The number of carbonyl (C=O) groups excluding carboxylic acids is 1. The molecule has 7 heteroatoms. The molecule has 0 rings (SSSR count). The molecule has 0 N–H and O–H groups in total. The number of ether oxygens (including phenoxy) is 1. The van der Waals surface area contributed by atoms with E-state index >= 15 is 0 Å². The van der Waals surface area contributed by atoms with E-state index in [-0.39, 0.29) is 25.9 Å². The summed E-state index contributed by atoms with van der Waals surface area (Å²) in [7, 11) is -2.21. The first-order valence-electron chi connectivity index (χ1n) is 9.43. The van der Waals surface area contributed by atoms with E-state index in [9.17, 15) is 4.79 Å². The number of alkyl halides is 1. The Balaban J connectivity index is 5.05. The molecule has 0 heterocycles. The zero-order valence-electron chi connectivity index (χ0n) is 18.8.